The lowest BCUT2D eigenvalue weighted by Crippen LogP contribution is -2.45. The molecule has 2 fully saturated rings. The van der Waals surface area contributed by atoms with Crippen LogP contribution in [0.15, 0.2) is 41.2 Å². The molecule has 0 bridgehead atoms. The monoisotopic (exact) mass is 503 g/mol. The van der Waals surface area contributed by atoms with Gasteiger partial charge in [0.1, 0.15) is 5.52 Å². The summed E-state index contributed by atoms with van der Waals surface area (Å²) in [6.45, 7) is 3.43. The van der Waals surface area contributed by atoms with Gasteiger partial charge in [-0.3, -0.25) is 14.3 Å². The Kier molecular flexibility index (Phi) is 5.68. The number of nitrogens with two attached hydrogens (primary N) is 1. The molecule has 0 aliphatic carbocycles. The zero-order chi connectivity index (χ0) is 25.5. The number of nitrogens with one attached hydrogen (secondary N) is 1. The molecule has 0 unspecified atom stereocenters. The van der Waals surface area contributed by atoms with Crippen LogP contribution >= 0.6 is 0 Å². The predicted molar refractivity (Wildman–Crippen MR) is 133 cm³/mol. The van der Waals surface area contributed by atoms with Crippen molar-refractivity contribution in [2.45, 2.75) is 5.92 Å². The van der Waals surface area contributed by atoms with Crippen LogP contribution in [-0.2, 0) is 11.8 Å². The molecule has 2 amide bonds. The second kappa shape index (κ2) is 9.17. The van der Waals surface area contributed by atoms with Gasteiger partial charge in [0.05, 0.1) is 37.0 Å². The molecular weight excluding hydrogens is 478 g/mol. The van der Waals surface area contributed by atoms with E-state index in [1.807, 2.05) is 4.90 Å². The number of fused-ring (bicyclic) bond motifs is 1. The van der Waals surface area contributed by atoms with Crippen LogP contribution in [0, 0.1) is 0 Å². The van der Waals surface area contributed by atoms with Crippen molar-refractivity contribution in [3.8, 4) is 0 Å². The molecule has 3 N–H and O–H groups in total. The highest BCUT2D eigenvalue weighted by Crippen LogP contribution is 2.33. The van der Waals surface area contributed by atoms with Crippen LogP contribution in [0.2, 0.25) is 0 Å². The highest BCUT2D eigenvalue weighted by molar-refractivity contribution is 5.97. The molecule has 13 heteroatoms. The number of rotatable bonds is 6. The minimum Gasteiger partial charge on any atom is -0.423 e. The molecule has 2 aliphatic heterocycles. The Morgan fingerprint density at radius 2 is 1.95 bits per heavy atom. The summed E-state index contributed by atoms with van der Waals surface area (Å²) in [5.41, 5.74) is 8.78. The Morgan fingerprint density at radius 1 is 1.14 bits per heavy atom. The van der Waals surface area contributed by atoms with Crippen LogP contribution in [0.4, 0.5) is 17.5 Å². The second-order valence-electron chi connectivity index (χ2n) is 9.07. The van der Waals surface area contributed by atoms with Gasteiger partial charge < -0.3 is 30.0 Å². The fourth-order valence-corrected chi connectivity index (χ4v) is 4.44. The number of carbonyl (C=O) groups is 2. The van der Waals surface area contributed by atoms with Gasteiger partial charge in [-0.2, -0.15) is 10.1 Å². The first kappa shape index (κ1) is 22.9. The first-order chi connectivity index (χ1) is 17.9. The highest BCUT2D eigenvalue weighted by atomic mass is 16.5. The second-order valence-corrected chi connectivity index (χ2v) is 9.07. The third-order valence-electron chi connectivity index (χ3n) is 6.48. The Morgan fingerprint density at radius 3 is 2.68 bits per heavy atom. The van der Waals surface area contributed by atoms with Crippen molar-refractivity contribution in [3.63, 3.8) is 0 Å². The lowest BCUT2D eigenvalue weighted by atomic mass is 9.97. The number of amides is 2. The molecule has 3 aromatic heterocycles. The van der Waals surface area contributed by atoms with Gasteiger partial charge in [0.15, 0.2) is 17.1 Å². The number of nitrogens with zero attached hydrogens (tertiary/aromatic N) is 7. The van der Waals surface area contributed by atoms with Crippen molar-refractivity contribution in [2.75, 3.05) is 49.6 Å². The van der Waals surface area contributed by atoms with Crippen LogP contribution in [0.3, 0.4) is 0 Å². The van der Waals surface area contributed by atoms with Crippen molar-refractivity contribution < 1.29 is 18.7 Å². The molecule has 1 aromatic carbocycles. The molecule has 13 nitrogen and oxygen atoms in total. The van der Waals surface area contributed by atoms with E-state index >= 15 is 0 Å². The molecule has 2 aliphatic rings. The van der Waals surface area contributed by atoms with Gasteiger partial charge in [0.25, 0.3) is 17.8 Å². The van der Waals surface area contributed by atoms with Crippen molar-refractivity contribution >= 4 is 40.4 Å². The third kappa shape index (κ3) is 4.44. The number of hydrogen-bond donors (Lipinski definition) is 2. The molecular formula is C24H25N9O4. The van der Waals surface area contributed by atoms with E-state index in [0.717, 1.165) is 0 Å². The molecule has 0 radical (unpaired) electrons. The summed E-state index contributed by atoms with van der Waals surface area (Å²) in [5, 5.41) is 7.12. The first-order valence-corrected chi connectivity index (χ1v) is 11.9. The quantitative estimate of drug-likeness (QED) is 0.392. The van der Waals surface area contributed by atoms with E-state index in [1.165, 1.54) is 0 Å². The largest absolute Gasteiger partial charge is 0.423 e. The third-order valence-corrected chi connectivity index (χ3v) is 6.48. The Hall–Kier alpha value is -4.52. The average molecular weight is 504 g/mol. The Labute approximate surface area is 211 Å². The smallest absolute Gasteiger partial charge is 0.298 e. The fourth-order valence-electron chi connectivity index (χ4n) is 4.44. The summed E-state index contributed by atoms with van der Waals surface area (Å²) in [5.74, 6) is -0.399. The van der Waals surface area contributed by atoms with Crippen molar-refractivity contribution in [3.05, 3.63) is 53.7 Å². The normalized spacial score (nSPS) is 16.1. The van der Waals surface area contributed by atoms with Crippen LogP contribution in [-0.4, -0.2) is 80.8 Å². The molecule has 190 valence electrons. The number of anilines is 3. The number of carbonyl (C=O) groups excluding carboxylic acids is 2. The maximum Gasteiger partial charge on any atom is 0.298 e. The molecule has 0 atom stereocenters. The number of ether oxygens (including phenoxy) is 1. The lowest BCUT2D eigenvalue weighted by Gasteiger charge is -2.37. The molecule has 37 heavy (non-hydrogen) atoms. The predicted octanol–water partition coefficient (Wildman–Crippen LogP) is 1.27. The van der Waals surface area contributed by atoms with E-state index in [1.54, 1.807) is 53.4 Å². The van der Waals surface area contributed by atoms with Gasteiger partial charge in [0, 0.05) is 50.9 Å². The summed E-state index contributed by atoms with van der Waals surface area (Å²) in [6.07, 6.45) is 5.01. The number of oxazole rings is 1. The van der Waals surface area contributed by atoms with E-state index in [-0.39, 0.29) is 23.3 Å². The number of hydrogen-bond acceptors (Lipinski definition) is 10. The summed E-state index contributed by atoms with van der Waals surface area (Å²) >= 11 is 0. The molecule has 2 saturated heterocycles. The molecule has 0 saturated carbocycles. The van der Waals surface area contributed by atoms with Crippen LogP contribution in [0.1, 0.15) is 32.5 Å². The molecule has 4 aromatic rings. The summed E-state index contributed by atoms with van der Waals surface area (Å²) in [4.78, 5) is 42.1. The minimum absolute atomic E-state index is 0.0338. The Bertz CT molecular complexity index is 1480. The summed E-state index contributed by atoms with van der Waals surface area (Å²) < 4.78 is 12.9. The topological polar surface area (TPSA) is 158 Å². The van der Waals surface area contributed by atoms with Crippen LogP contribution < -0.4 is 16.0 Å². The number of benzene rings is 1. The van der Waals surface area contributed by atoms with E-state index in [4.69, 9.17) is 14.9 Å². The van der Waals surface area contributed by atoms with Gasteiger partial charge in [0.2, 0.25) is 0 Å². The highest BCUT2D eigenvalue weighted by Gasteiger charge is 2.33. The SMILES string of the molecule is Cn1cc(Nc2ncc(C3CN(c4nc5ccc(C(=O)N6CCOCC6)cc5o4)C3)nc2C(N)=O)cn1. The van der Waals surface area contributed by atoms with E-state index in [9.17, 15) is 9.59 Å². The van der Waals surface area contributed by atoms with Crippen LogP contribution in [0.5, 0.6) is 0 Å². The first-order valence-electron chi connectivity index (χ1n) is 11.9. The maximum atomic E-state index is 12.8. The molecule has 6 rings (SSSR count). The number of aryl methyl sites for hydroxylation is 1. The van der Waals surface area contributed by atoms with Crippen molar-refractivity contribution in [1.29, 1.82) is 0 Å². The van der Waals surface area contributed by atoms with Gasteiger partial charge in [-0.15, -0.1) is 0 Å². The summed E-state index contributed by atoms with van der Waals surface area (Å²) in [6, 6.07) is 5.78. The zero-order valence-corrected chi connectivity index (χ0v) is 20.1. The van der Waals surface area contributed by atoms with E-state index in [0.29, 0.717) is 73.5 Å². The molecule has 5 heterocycles. The van der Waals surface area contributed by atoms with Gasteiger partial charge in [-0.25, -0.2) is 9.97 Å². The minimum atomic E-state index is -0.668. The average Bonchev–Trinajstić information content (AvgIpc) is 3.48. The standard InChI is InChI=1S/C24H25N9O4/c1-31-13-16(9-27-31)28-22-20(21(25)34)29-18(10-26-22)15-11-33(12-15)24-30-17-3-2-14(8-19(17)37-24)23(35)32-4-6-36-7-5-32/h2-3,8-10,13,15H,4-7,11-12H2,1H3,(H2,25,34)(H,26,28). The van der Waals surface area contributed by atoms with Gasteiger partial charge in [-0.1, -0.05) is 0 Å². The molecule has 0 spiro atoms. The maximum absolute atomic E-state index is 12.8. The zero-order valence-electron chi connectivity index (χ0n) is 20.1. The fraction of sp³-hybridized carbons (Fsp3) is 0.333. The number of aromatic nitrogens is 5. The lowest BCUT2D eigenvalue weighted by molar-refractivity contribution is 0.0303. The van der Waals surface area contributed by atoms with Crippen LogP contribution in [0.25, 0.3) is 11.1 Å². The van der Waals surface area contributed by atoms with Crippen molar-refractivity contribution in [1.82, 2.24) is 29.6 Å². The van der Waals surface area contributed by atoms with Crippen molar-refractivity contribution in [2.24, 2.45) is 12.8 Å². The Balaban J connectivity index is 1.15. The van der Waals surface area contributed by atoms with E-state index in [2.05, 4.69) is 25.4 Å². The van der Waals surface area contributed by atoms with Gasteiger partial charge >= 0.3 is 0 Å². The van der Waals surface area contributed by atoms with E-state index < -0.39 is 5.91 Å². The number of morpholine rings is 1. The van der Waals surface area contributed by atoms with Gasteiger partial charge in [-0.05, 0) is 18.2 Å². The summed E-state index contributed by atoms with van der Waals surface area (Å²) in [7, 11) is 1.79. The number of primary amides is 1.